The van der Waals surface area contributed by atoms with Crippen LogP contribution >= 0.6 is 0 Å². The second-order valence-corrected chi connectivity index (χ2v) is 7.64. The van der Waals surface area contributed by atoms with Crippen LogP contribution in [0.2, 0.25) is 0 Å². The number of piperazine rings is 1. The lowest BCUT2D eigenvalue weighted by Gasteiger charge is -2.35. The van der Waals surface area contributed by atoms with Crippen molar-refractivity contribution >= 4 is 17.8 Å². The van der Waals surface area contributed by atoms with Crippen molar-refractivity contribution in [1.82, 2.24) is 19.4 Å². The maximum atomic E-state index is 12.8. The zero-order valence-corrected chi connectivity index (χ0v) is 17.4. The molecule has 3 rings (SSSR count). The van der Waals surface area contributed by atoms with Crippen molar-refractivity contribution in [1.29, 1.82) is 0 Å². The lowest BCUT2D eigenvalue weighted by atomic mass is 10.1. The minimum Gasteiger partial charge on any atom is -0.349 e. The van der Waals surface area contributed by atoms with Crippen LogP contribution in [-0.2, 0) is 11.3 Å². The van der Waals surface area contributed by atoms with Crippen LogP contribution in [-0.4, -0.2) is 72.1 Å². The normalized spacial score (nSPS) is 15.4. The highest BCUT2D eigenvalue weighted by Gasteiger charge is 2.21. The molecule has 7 nitrogen and oxygen atoms in total. The molecule has 1 aliphatic heterocycles. The Kier molecular flexibility index (Phi) is 6.82. The molecule has 1 aromatic carbocycles. The van der Waals surface area contributed by atoms with Gasteiger partial charge in [-0.25, -0.2) is 4.98 Å². The van der Waals surface area contributed by atoms with Crippen molar-refractivity contribution in [3.05, 3.63) is 64.2 Å². The molecule has 7 heteroatoms. The molecule has 1 aliphatic rings. The SMILES string of the molecule is CC(=Cc1ccccc1)CN1CCN(c2nccn(CC(=O)N(C)C)c2=O)CC1. The third kappa shape index (κ3) is 5.54. The summed E-state index contributed by atoms with van der Waals surface area (Å²) in [6.07, 6.45) is 5.38. The number of rotatable bonds is 6. The summed E-state index contributed by atoms with van der Waals surface area (Å²) in [5, 5.41) is 0. The molecule has 0 bridgehead atoms. The lowest BCUT2D eigenvalue weighted by Crippen LogP contribution is -2.49. The van der Waals surface area contributed by atoms with Gasteiger partial charge in [-0.15, -0.1) is 0 Å². The Hall–Kier alpha value is -2.93. The fraction of sp³-hybridized carbons (Fsp3) is 0.409. The summed E-state index contributed by atoms with van der Waals surface area (Å²) in [4.78, 5) is 34.9. The first-order valence-electron chi connectivity index (χ1n) is 9.89. The van der Waals surface area contributed by atoms with Crippen LogP contribution in [0.4, 0.5) is 5.82 Å². The maximum Gasteiger partial charge on any atom is 0.293 e. The predicted octanol–water partition coefficient (Wildman–Crippen LogP) is 1.56. The van der Waals surface area contributed by atoms with Crippen molar-refractivity contribution in [3.8, 4) is 0 Å². The third-order valence-corrected chi connectivity index (χ3v) is 5.06. The number of carbonyl (C=O) groups is 1. The summed E-state index contributed by atoms with van der Waals surface area (Å²) in [5.41, 5.74) is 2.31. The number of anilines is 1. The van der Waals surface area contributed by atoms with Gasteiger partial charge in [0.15, 0.2) is 5.82 Å². The maximum absolute atomic E-state index is 12.8. The number of aromatic nitrogens is 2. The van der Waals surface area contributed by atoms with Gasteiger partial charge < -0.3 is 14.4 Å². The Morgan fingerprint density at radius 3 is 2.45 bits per heavy atom. The number of likely N-dealkylation sites (N-methyl/N-ethyl adjacent to an activating group) is 1. The van der Waals surface area contributed by atoms with Gasteiger partial charge in [-0.3, -0.25) is 14.5 Å². The fourth-order valence-electron chi connectivity index (χ4n) is 3.41. The van der Waals surface area contributed by atoms with Gasteiger partial charge in [0.2, 0.25) is 5.91 Å². The molecule has 154 valence electrons. The average Bonchev–Trinajstić information content (AvgIpc) is 2.71. The van der Waals surface area contributed by atoms with Crippen LogP contribution in [0.5, 0.6) is 0 Å². The van der Waals surface area contributed by atoms with E-state index in [1.807, 2.05) is 23.1 Å². The van der Waals surface area contributed by atoms with Crippen LogP contribution < -0.4 is 10.5 Å². The standard InChI is InChI=1S/C22H29N5O2/c1-18(15-19-7-5-4-6-8-19)16-25-11-13-26(14-12-25)21-22(29)27(10-9-23-21)17-20(28)24(2)3/h4-10,15H,11-14,16-17H2,1-3H3. The lowest BCUT2D eigenvalue weighted by molar-refractivity contribution is -0.129. The Morgan fingerprint density at radius 1 is 1.10 bits per heavy atom. The van der Waals surface area contributed by atoms with E-state index >= 15 is 0 Å². The molecule has 0 N–H and O–H groups in total. The van der Waals surface area contributed by atoms with Gasteiger partial charge in [0.05, 0.1) is 0 Å². The Labute approximate surface area is 171 Å². The molecule has 0 saturated carbocycles. The van der Waals surface area contributed by atoms with Crippen LogP contribution in [0.25, 0.3) is 6.08 Å². The van der Waals surface area contributed by atoms with Crippen molar-refractivity contribution < 1.29 is 4.79 Å². The monoisotopic (exact) mass is 395 g/mol. The summed E-state index contributed by atoms with van der Waals surface area (Å²) in [7, 11) is 3.37. The number of nitrogens with zero attached hydrogens (tertiary/aromatic N) is 5. The molecule has 0 atom stereocenters. The van der Waals surface area contributed by atoms with E-state index < -0.39 is 0 Å². The molecule has 1 amide bonds. The highest BCUT2D eigenvalue weighted by atomic mass is 16.2. The van der Waals surface area contributed by atoms with Crippen LogP contribution in [0, 0.1) is 0 Å². The number of amides is 1. The smallest absolute Gasteiger partial charge is 0.293 e. The Balaban J connectivity index is 1.60. The van der Waals surface area contributed by atoms with Crippen LogP contribution in [0.3, 0.4) is 0 Å². The molecule has 1 saturated heterocycles. The van der Waals surface area contributed by atoms with Gasteiger partial charge in [-0.1, -0.05) is 42.0 Å². The summed E-state index contributed by atoms with van der Waals surface area (Å²) in [6, 6.07) is 10.3. The molecule has 0 aliphatic carbocycles. The van der Waals surface area contributed by atoms with E-state index in [0.29, 0.717) is 5.82 Å². The van der Waals surface area contributed by atoms with Gasteiger partial charge in [0.25, 0.3) is 5.56 Å². The molecule has 2 heterocycles. The quantitative estimate of drug-likeness (QED) is 0.743. The number of hydrogen-bond acceptors (Lipinski definition) is 5. The highest BCUT2D eigenvalue weighted by Crippen LogP contribution is 2.12. The highest BCUT2D eigenvalue weighted by molar-refractivity contribution is 5.75. The van der Waals surface area contributed by atoms with E-state index in [9.17, 15) is 9.59 Å². The second-order valence-electron chi connectivity index (χ2n) is 7.64. The van der Waals surface area contributed by atoms with Gasteiger partial charge in [0, 0.05) is 59.2 Å². The first-order valence-corrected chi connectivity index (χ1v) is 9.89. The Bertz CT molecular complexity index is 912. The van der Waals surface area contributed by atoms with Gasteiger partial charge in [0.1, 0.15) is 6.54 Å². The van der Waals surface area contributed by atoms with Crippen molar-refractivity contribution in [3.63, 3.8) is 0 Å². The van der Waals surface area contributed by atoms with Gasteiger partial charge in [-0.05, 0) is 12.5 Å². The van der Waals surface area contributed by atoms with Gasteiger partial charge in [-0.2, -0.15) is 0 Å². The van der Waals surface area contributed by atoms with E-state index in [0.717, 1.165) is 32.7 Å². The summed E-state index contributed by atoms with van der Waals surface area (Å²) in [6.45, 7) is 6.31. The number of hydrogen-bond donors (Lipinski definition) is 0. The molecule has 29 heavy (non-hydrogen) atoms. The van der Waals surface area contributed by atoms with Crippen LogP contribution in [0.15, 0.2) is 53.1 Å². The molecule has 0 spiro atoms. The average molecular weight is 396 g/mol. The minimum atomic E-state index is -0.212. The first-order chi connectivity index (χ1) is 13.9. The zero-order chi connectivity index (χ0) is 20.8. The molecule has 0 unspecified atom stereocenters. The molecule has 2 aromatic rings. The molecular weight excluding hydrogens is 366 g/mol. The topological polar surface area (TPSA) is 61.7 Å². The fourth-order valence-corrected chi connectivity index (χ4v) is 3.41. The van der Waals surface area contributed by atoms with Crippen LogP contribution in [0.1, 0.15) is 12.5 Å². The summed E-state index contributed by atoms with van der Waals surface area (Å²) in [5.74, 6) is 0.310. The zero-order valence-electron chi connectivity index (χ0n) is 17.4. The molecule has 0 radical (unpaired) electrons. The molecule has 1 fully saturated rings. The van der Waals surface area contributed by atoms with E-state index in [-0.39, 0.29) is 18.0 Å². The summed E-state index contributed by atoms with van der Waals surface area (Å²) < 4.78 is 1.43. The van der Waals surface area contributed by atoms with Crippen molar-refractivity contribution in [2.75, 3.05) is 51.7 Å². The van der Waals surface area contributed by atoms with E-state index in [4.69, 9.17) is 0 Å². The summed E-state index contributed by atoms with van der Waals surface area (Å²) >= 11 is 0. The molecule has 1 aromatic heterocycles. The minimum absolute atomic E-state index is 0.0325. The third-order valence-electron chi connectivity index (χ3n) is 5.06. The van der Waals surface area contributed by atoms with Crippen molar-refractivity contribution in [2.24, 2.45) is 0 Å². The van der Waals surface area contributed by atoms with E-state index in [2.05, 4.69) is 35.0 Å². The predicted molar refractivity (Wildman–Crippen MR) is 116 cm³/mol. The van der Waals surface area contributed by atoms with Gasteiger partial charge >= 0.3 is 0 Å². The van der Waals surface area contributed by atoms with E-state index in [1.54, 1.807) is 26.5 Å². The largest absolute Gasteiger partial charge is 0.349 e. The van der Waals surface area contributed by atoms with E-state index in [1.165, 1.54) is 20.6 Å². The van der Waals surface area contributed by atoms with Crippen molar-refractivity contribution in [2.45, 2.75) is 13.5 Å². The Morgan fingerprint density at radius 2 is 1.79 bits per heavy atom. The first kappa shape index (κ1) is 20.8. The second kappa shape index (κ2) is 9.52. The molecular formula is C22H29N5O2. The number of carbonyl (C=O) groups excluding carboxylic acids is 1. The number of benzene rings is 1.